The lowest BCUT2D eigenvalue weighted by atomic mass is 10.1. The fourth-order valence-corrected chi connectivity index (χ4v) is 4.36. The molecule has 0 unspecified atom stereocenters. The molecule has 0 spiro atoms. The fourth-order valence-electron chi connectivity index (χ4n) is 3.98. The Labute approximate surface area is 219 Å². The highest BCUT2D eigenvalue weighted by molar-refractivity contribution is 7.53. The molecule has 0 aliphatic heterocycles. The molecule has 0 aromatic heterocycles. The molecule has 0 radical (unpaired) electrons. The first-order chi connectivity index (χ1) is 17.4. The van der Waals surface area contributed by atoms with Crippen LogP contribution in [0.2, 0.25) is 0 Å². The van der Waals surface area contributed by atoms with Crippen LogP contribution in [0.15, 0.2) is 42.5 Å². The topological polar surface area (TPSA) is 111 Å². The van der Waals surface area contributed by atoms with Crippen LogP contribution < -0.4 is 10.6 Å². The van der Waals surface area contributed by atoms with E-state index in [0.29, 0.717) is 19.5 Å². The zero-order valence-electron chi connectivity index (χ0n) is 22.2. The summed E-state index contributed by atoms with van der Waals surface area (Å²) in [6.45, 7) is 3.06. The Balaban J connectivity index is 2.11. The van der Waals surface area contributed by atoms with E-state index in [1.165, 1.54) is 57.8 Å². The highest BCUT2D eigenvalue weighted by Crippen LogP contribution is 2.45. The van der Waals surface area contributed by atoms with Gasteiger partial charge in [0, 0.05) is 19.5 Å². The highest BCUT2D eigenvalue weighted by atomic mass is 31.2. The van der Waals surface area contributed by atoms with E-state index < -0.39 is 14.2 Å². The molecule has 1 aromatic rings. The van der Waals surface area contributed by atoms with Gasteiger partial charge in [0.2, 0.25) is 5.91 Å². The van der Waals surface area contributed by atoms with Crippen molar-refractivity contribution in [1.82, 2.24) is 10.6 Å². The van der Waals surface area contributed by atoms with Crippen molar-refractivity contribution < 1.29 is 24.0 Å². The third kappa shape index (κ3) is 20.8. The summed E-state index contributed by atoms with van der Waals surface area (Å²) >= 11 is 0. The summed E-state index contributed by atoms with van der Waals surface area (Å²) < 4.78 is 4.74. The SMILES string of the molecule is CCCCCCCC/C=C\CCCCCCCC(=O)N[C@@H](CNCc1ccccc1)CO[P+](O)(O)O. The van der Waals surface area contributed by atoms with Crippen molar-refractivity contribution in [2.45, 2.75) is 109 Å². The number of hydrogen-bond donors (Lipinski definition) is 5. The van der Waals surface area contributed by atoms with Crippen molar-refractivity contribution in [1.29, 1.82) is 0 Å². The Morgan fingerprint density at radius 3 is 2.08 bits per heavy atom. The summed E-state index contributed by atoms with van der Waals surface area (Å²) in [5.41, 5.74) is 1.10. The smallest absolute Gasteiger partial charge is 0.350 e. The van der Waals surface area contributed by atoms with Crippen LogP contribution in [-0.2, 0) is 15.9 Å². The standard InChI is InChI=1S/C28H49N2O5P/c1-2-3-4-5-6-7-8-9-10-11-12-13-14-15-19-22-28(31)30-27(25-35-36(32,33)34)24-29-23-26-20-17-16-18-21-26/h9-10,16-18,20-21,27,29,32-34H,2-8,11-15,19,22-25H2,1H3/p+1/b10-9-/t27-/m0/s1. The van der Waals surface area contributed by atoms with Gasteiger partial charge in [0.05, 0.1) is 6.04 Å². The molecule has 1 aromatic carbocycles. The van der Waals surface area contributed by atoms with Gasteiger partial charge in [0.15, 0.2) is 0 Å². The first-order valence-electron chi connectivity index (χ1n) is 13.8. The molecule has 1 atom stereocenters. The number of hydrogen-bond acceptors (Lipinski definition) is 6. The van der Waals surface area contributed by atoms with Gasteiger partial charge in [-0.15, -0.1) is 0 Å². The molecule has 0 saturated heterocycles. The van der Waals surface area contributed by atoms with E-state index >= 15 is 0 Å². The second-order valence-electron chi connectivity index (χ2n) is 9.52. The molecule has 7 nitrogen and oxygen atoms in total. The Kier molecular flexibility index (Phi) is 19.7. The van der Waals surface area contributed by atoms with E-state index in [9.17, 15) is 4.79 Å². The average Bonchev–Trinajstić information content (AvgIpc) is 2.85. The second-order valence-corrected chi connectivity index (χ2v) is 10.8. The predicted molar refractivity (Wildman–Crippen MR) is 149 cm³/mol. The van der Waals surface area contributed by atoms with Crippen LogP contribution in [0, 0.1) is 0 Å². The lowest BCUT2D eigenvalue weighted by Crippen LogP contribution is -2.44. The maximum atomic E-state index is 12.4. The molecular formula is C28H50N2O5P+. The Morgan fingerprint density at radius 2 is 1.47 bits per heavy atom. The van der Waals surface area contributed by atoms with Crippen LogP contribution in [0.5, 0.6) is 0 Å². The lowest BCUT2D eigenvalue weighted by molar-refractivity contribution is -0.122. The first kappa shape index (κ1) is 32.7. The van der Waals surface area contributed by atoms with Gasteiger partial charge in [-0.1, -0.05) is 101 Å². The Morgan fingerprint density at radius 1 is 0.889 bits per heavy atom. The van der Waals surface area contributed by atoms with Gasteiger partial charge >= 0.3 is 8.17 Å². The van der Waals surface area contributed by atoms with Crippen LogP contribution in [0.3, 0.4) is 0 Å². The molecule has 0 fully saturated rings. The minimum absolute atomic E-state index is 0.0968. The zero-order valence-corrected chi connectivity index (χ0v) is 23.1. The molecule has 8 heteroatoms. The Bertz CT molecular complexity index is 682. The summed E-state index contributed by atoms with van der Waals surface area (Å²) in [5, 5.41) is 6.11. The molecule has 0 aliphatic rings. The van der Waals surface area contributed by atoms with Gasteiger partial charge in [0.1, 0.15) is 6.61 Å². The molecule has 0 aliphatic carbocycles. The van der Waals surface area contributed by atoms with Gasteiger partial charge < -0.3 is 10.6 Å². The maximum absolute atomic E-state index is 12.4. The van der Waals surface area contributed by atoms with E-state index in [1.807, 2.05) is 30.3 Å². The van der Waals surface area contributed by atoms with Crippen LogP contribution in [0.1, 0.15) is 102 Å². The molecule has 5 N–H and O–H groups in total. The molecule has 0 saturated carbocycles. The normalized spacial score (nSPS) is 12.8. The monoisotopic (exact) mass is 525 g/mol. The average molecular weight is 526 g/mol. The number of unbranched alkanes of at least 4 members (excludes halogenated alkanes) is 11. The van der Waals surface area contributed by atoms with E-state index in [0.717, 1.165) is 31.2 Å². The third-order valence-electron chi connectivity index (χ3n) is 6.04. The summed E-state index contributed by atoms with van der Waals surface area (Å²) in [5.74, 6) is -0.0968. The number of carbonyl (C=O) groups excluding carboxylic acids is 1. The summed E-state index contributed by atoms with van der Waals surface area (Å²) in [4.78, 5) is 39.7. The van der Waals surface area contributed by atoms with Crippen LogP contribution in [0.25, 0.3) is 0 Å². The number of rotatable bonds is 23. The molecule has 36 heavy (non-hydrogen) atoms. The number of benzene rings is 1. The van der Waals surface area contributed by atoms with Gasteiger partial charge in [-0.2, -0.15) is 19.2 Å². The largest absolute Gasteiger partial charge is 0.567 e. The highest BCUT2D eigenvalue weighted by Gasteiger charge is 2.34. The van der Waals surface area contributed by atoms with Gasteiger partial charge in [-0.25, -0.2) is 0 Å². The molecular weight excluding hydrogens is 475 g/mol. The van der Waals surface area contributed by atoms with Crippen LogP contribution in [-0.4, -0.2) is 39.8 Å². The quantitative estimate of drug-likeness (QED) is 0.0684. The van der Waals surface area contributed by atoms with Gasteiger partial charge in [0.25, 0.3) is 0 Å². The third-order valence-corrected chi connectivity index (χ3v) is 6.54. The van der Waals surface area contributed by atoms with Crippen LogP contribution >= 0.6 is 8.17 Å². The van der Waals surface area contributed by atoms with E-state index in [1.54, 1.807) is 0 Å². The van der Waals surface area contributed by atoms with Crippen molar-refractivity contribution in [3.63, 3.8) is 0 Å². The number of nitrogens with one attached hydrogen (secondary N) is 2. The van der Waals surface area contributed by atoms with Crippen molar-refractivity contribution >= 4 is 14.1 Å². The van der Waals surface area contributed by atoms with Crippen molar-refractivity contribution in [3.05, 3.63) is 48.0 Å². The maximum Gasteiger partial charge on any atom is 0.567 e. The summed E-state index contributed by atoms with van der Waals surface area (Å²) in [7, 11) is -4.34. The fraction of sp³-hybridized carbons (Fsp3) is 0.679. The van der Waals surface area contributed by atoms with Gasteiger partial charge in [-0.3, -0.25) is 4.79 Å². The minimum Gasteiger partial charge on any atom is -0.350 e. The zero-order chi connectivity index (χ0) is 26.3. The second kappa shape index (κ2) is 21.7. The van der Waals surface area contributed by atoms with Crippen molar-refractivity contribution in [3.8, 4) is 0 Å². The molecule has 1 rings (SSSR count). The predicted octanol–water partition coefficient (Wildman–Crippen LogP) is 5.97. The lowest BCUT2D eigenvalue weighted by Gasteiger charge is -2.18. The molecule has 0 bridgehead atoms. The molecule has 1 amide bonds. The van der Waals surface area contributed by atoms with E-state index in [4.69, 9.17) is 19.2 Å². The van der Waals surface area contributed by atoms with Crippen molar-refractivity contribution in [2.24, 2.45) is 0 Å². The minimum atomic E-state index is -4.34. The summed E-state index contributed by atoms with van der Waals surface area (Å²) in [6, 6.07) is 9.37. The van der Waals surface area contributed by atoms with Crippen molar-refractivity contribution in [2.75, 3.05) is 13.2 Å². The Hall–Kier alpha value is -1.34. The number of amides is 1. The summed E-state index contributed by atoms with van der Waals surface area (Å²) in [6.07, 6.45) is 20.8. The van der Waals surface area contributed by atoms with Crippen LogP contribution in [0.4, 0.5) is 0 Å². The number of allylic oxidation sites excluding steroid dienone is 2. The first-order valence-corrected chi connectivity index (χ1v) is 15.4. The van der Waals surface area contributed by atoms with E-state index in [2.05, 4.69) is 29.7 Å². The number of carbonyl (C=O) groups is 1. The van der Waals surface area contributed by atoms with Gasteiger partial charge in [-0.05, 0) is 37.7 Å². The van der Waals surface area contributed by atoms with E-state index in [-0.39, 0.29) is 12.5 Å². The molecule has 0 heterocycles. The molecule has 206 valence electrons.